The van der Waals surface area contributed by atoms with Crippen molar-refractivity contribution in [3.05, 3.63) is 29.6 Å². The molecule has 0 saturated heterocycles. The van der Waals surface area contributed by atoms with Crippen molar-refractivity contribution < 1.29 is 4.73 Å². The molecular weight excluding hydrogens is 158 g/mol. The van der Waals surface area contributed by atoms with E-state index in [2.05, 4.69) is 0 Å². The predicted molar refractivity (Wildman–Crippen MR) is 48.5 cm³/mol. The summed E-state index contributed by atoms with van der Waals surface area (Å²) in [7, 11) is 0. The highest BCUT2D eigenvalue weighted by atomic mass is 32.2. The van der Waals surface area contributed by atoms with Gasteiger partial charge in [-0.05, 0) is 12.3 Å². The maximum atomic E-state index is 10.7. The summed E-state index contributed by atoms with van der Waals surface area (Å²) in [6.45, 7) is 4.00. The Labute approximate surface area is 71.8 Å². The van der Waals surface area contributed by atoms with Gasteiger partial charge in [0.2, 0.25) is 0 Å². The Kier molecular flexibility index (Phi) is 5.65. The lowest BCUT2D eigenvalue weighted by molar-refractivity contribution is -0.645. The lowest BCUT2D eigenvalue weighted by atomic mass is 10.5. The zero-order valence-electron chi connectivity index (χ0n) is 7.07. The van der Waals surface area contributed by atoms with Crippen molar-refractivity contribution in [3.63, 3.8) is 0 Å². The van der Waals surface area contributed by atoms with Crippen LogP contribution >= 0.6 is 11.8 Å². The van der Waals surface area contributed by atoms with Gasteiger partial charge in [0, 0.05) is 12.1 Å². The molecule has 0 aromatic carbocycles. The molecule has 0 aliphatic carbocycles. The minimum atomic E-state index is 0.734. The standard InChI is InChI=1S/C6H7NOS.C2H6/c1-9-6-4-2-3-5-7(6)8;1-2/h2-5H,1H3;1-2H3. The minimum absolute atomic E-state index is 0.734. The highest BCUT2D eigenvalue weighted by Crippen LogP contribution is 2.05. The van der Waals surface area contributed by atoms with E-state index in [1.807, 2.05) is 26.2 Å². The number of pyridine rings is 1. The summed E-state index contributed by atoms with van der Waals surface area (Å²) in [4.78, 5) is 0. The SMILES string of the molecule is CC.CSc1cccc[n+]1[O-]. The van der Waals surface area contributed by atoms with Gasteiger partial charge in [-0.2, -0.15) is 4.73 Å². The number of aromatic nitrogens is 1. The largest absolute Gasteiger partial charge is 0.618 e. The third kappa shape index (κ3) is 3.28. The fourth-order valence-electron chi connectivity index (χ4n) is 0.571. The van der Waals surface area contributed by atoms with E-state index in [0.717, 1.165) is 9.76 Å². The van der Waals surface area contributed by atoms with Crippen molar-refractivity contribution in [1.82, 2.24) is 0 Å². The molecule has 1 aromatic rings. The van der Waals surface area contributed by atoms with Crippen LogP contribution in [0, 0.1) is 5.21 Å². The van der Waals surface area contributed by atoms with Crippen LogP contribution < -0.4 is 4.73 Å². The van der Waals surface area contributed by atoms with E-state index >= 15 is 0 Å². The zero-order valence-corrected chi connectivity index (χ0v) is 7.89. The molecule has 0 amide bonds. The van der Waals surface area contributed by atoms with Gasteiger partial charge in [0.1, 0.15) is 0 Å². The average molecular weight is 171 g/mol. The summed E-state index contributed by atoms with van der Waals surface area (Å²) in [5.74, 6) is 0. The molecule has 3 heteroatoms. The molecule has 62 valence electrons. The summed E-state index contributed by atoms with van der Waals surface area (Å²) >= 11 is 1.45. The number of hydrogen-bond acceptors (Lipinski definition) is 2. The van der Waals surface area contributed by atoms with Gasteiger partial charge in [-0.25, -0.2) is 0 Å². The molecule has 2 nitrogen and oxygen atoms in total. The molecule has 1 aromatic heterocycles. The van der Waals surface area contributed by atoms with Crippen LogP contribution in [0.2, 0.25) is 0 Å². The Bertz CT molecular complexity index is 203. The molecule has 1 rings (SSSR count). The predicted octanol–water partition coefficient (Wildman–Crippen LogP) is 2.07. The van der Waals surface area contributed by atoms with Gasteiger partial charge in [0.05, 0.1) is 0 Å². The van der Waals surface area contributed by atoms with Crippen LogP contribution in [0.15, 0.2) is 29.4 Å². The fraction of sp³-hybridized carbons (Fsp3) is 0.375. The molecule has 0 N–H and O–H groups in total. The van der Waals surface area contributed by atoms with Crippen molar-refractivity contribution in [3.8, 4) is 0 Å². The summed E-state index contributed by atoms with van der Waals surface area (Å²) in [6, 6.07) is 5.35. The molecule has 0 spiro atoms. The lowest BCUT2D eigenvalue weighted by Crippen LogP contribution is -2.27. The second-order valence-corrected chi connectivity index (χ2v) is 2.40. The van der Waals surface area contributed by atoms with Crippen LogP contribution in [0.1, 0.15) is 13.8 Å². The van der Waals surface area contributed by atoms with E-state index in [4.69, 9.17) is 0 Å². The number of rotatable bonds is 1. The third-order valence-corrected chi connectivity index (χ3v) is 1.73. The van der Waals surface area contributed by atoms with Crippen LogP contribution in [-0.4, -0.2) is 6.26 Å². The van der Waals surface area contributed by atoms with E-state index in [0.29, 0.717) is 0 Å². The maximum Gasteiger partial charge on any atom is 0.251 e. The van der Waals surface area contributed by atoms with E-state index in [1.54, 1.807) is 12.1 Å². The fourth-order valence-corrected chi connectivity index (χ4v) is 1.03. The molecular formula is C8H13NOS. The summed E-state index contributed by atoms with van der Waals surface area (Å²) in [5, 5.41) is 11.5. The van der Waals surface area contributed by atoms with Crippen molar-refractivity contribution >= 4 is 11.8 Å². The van der Waals surface area contributed by atoms with E-state index in [9.17, 15) is 5.21 Å². The highest BCUT2D eigenvalue weighted by Gasteiger charge is 1.96. The first kappa shape index (κ1) is 10.3. The minimum Gasteiger partial charge on any atom is -0.618 e. The van der Waals surface area contributed by atoms with Crippen LogP contribution in [0.5, 0.6) is 0 Å². The van der Waals surface area contributed by atoms with Crippen molar-refractivity contribution in [2.24, 2.45) is 0 Å². The van der Waals surface area contributed by atoms with Gasteiger partial charge in [-0.1, -0.05) is 25.6 Å². The van der Waals surface area contributed by atoms with Crippen molar-refractivity contribution in [2.75, 3.05) is 6.26 Å². The lowest BCUT2D eigenvalue weighted by Gasteiger charge is -1.97. The van der Waals surface area contributed by atoms with Crippen molar-refractivity contribution in [1.29, 1.82) is 0 Å². The topological polar surface area (TPSA) is 26.9 Å². The quantitative estimate of drug-likeness (QED) is 0.367. The Balaban J connectivity index is 0.000000461. The zero-order chi connectivity index (χ0) is 8.69. The van der Waals surface area contributed by atoms with E-state index in [1.165, 1.54) is 18.0 Å². The van der Waals surface area contributed by atoms with Gasteiger partial charge in [-0.15, -0.1) is 0 Å². The Morgan fingerprint density at radius 1 is 1.36 bits per heavy atom. The second-order valence-electron chi connectivity index (χ2n) is 1.57. The molecule has 1 heterocycles. The first-order valence-corrected chi connectivity index (χ1v) is 4.79. The van der Waals surface area contributed by atoms with Crippen LogP contribution in [0.25, 0.3) is 0 Å². The van der Waals surface area contributed by atoms with Gasteiger partial charge < -0.3 is 5.21 Å². The smallest absolute Gasteiger partial charge is 0.251 e. The van der Waals surface area contributed by atoms with E-state index < -0.39 is 0 Å². The molecule has 0 aliphatic heterocycles. The number of nitrogens with zero attached hydrogens (tertiary/aromatic N) is 1. The Hall–Kier alpha value is -0.700. The van der Waals surface area contributed by atoms with Crippen LogP contribution in [0.4, 0.5) is 0 Å². The Morgan fingerprint density at radius 3 is 2.36 bits per heavy atom. The van der Waals surface area contributed by atoms with Crippen LogP contribution in [-0.2, 0) is 0 Å². The van der Waals surface area contributed by atoms with Crippen molar-refractivity contribution in [2.45, 2.75) is 18.9 Å². The second kappa shape index (κ2) is 6.04. The van der Waals surface area contributed by atoms with Gasteiger partial charge in [0.25, 0.3) is 5.03 Å². The third-order valence-electron chi connectivity index (χ3n) is 0.998. The molecule has 0 fully saturated rings. The highest BCUT2D eigenvalue weighted by molar-refractivity contribution is 7.98. The molecule has 0 saturated carbocycles. The Morgan fingerprint density at radius 2 is 2.00 bits per heavy atom. The van der Waals surface area contributed by atoms with Gasteiger partial charge in [-0.3, -0.25) is 0 Å². The summed E-state index contributed by atoms with van der Waals surface area (Å²) < 4.78 is 0.852. The van der Waals surface area contributed by atoms with Gasteiger partial charge in [0.15, 0.2) is 6.20 Å². The molecule has 0 radical (unpaired) electrons. The summed E-state index contributed by atoms with van der Waals surface area (Å²) in [6.07, 6.45) is 3.37. The molecule has 0 bridgehead atoms. The maximum absolute atomic E-state index is 10.7. The van der Waals surface area contributed by atoms with Gasteiger partial charge >= 0.3 is 0 Å². The molecule has 0 unspecified atom stereocenters. The van der Waals surface area contributed by atoms with E-state index in [-0.39, 0.29) is 0 Å². The summed E-state index contributed by atoms with van der Waals surface area (Å²) in [5.41, 5.74) is 0. The first-order chi connectivity index (χ1) is 5.34. The average Bonchev–Trinajstić information content (AvgIpc) is 2.09. The molecule has 0 atom stereocenters. The monoisotopic (exact) mass is 171 g/mol. The van der Waals surface area contributed by atoms with Crippen LogP contribution in [0.3, 0.4) is 0 Å². The first-order valence-electron chi connectivity index (χ1n) is 3.57. The number of hydrogen-bond donors (Lipinski definition) is 0. The number of thioether (sulfide) groups is 1. The normalized spacial score (nSPS) is 8.27. The molecule has 0 aliphatic rings. The molecule has 11 heavy (non-hydrogen) atoms.